The lowest BCUT2D eigenvalue weighted by molar-refractivity contribution is 0.669. The molecule has 0 spiro atoms. The molecule has 13 rings (SSSR count). The van der Waals surface area contributed by atoms with E-state index in [0.717, 1.165) is 71.7 Å². The molecular formula is C57H33N3OS. The van der Waals surface area contributed by atoms with Crippen molar-refractivity contribution < 1.29 is 4.42 Å². The van der Waals surface area contributed by atoms with Crippen LogP contribution in [-0.2, 0) is 0 Å². The smallest absolute Gasteiger partial charge is 0.164 e. The molecule has 13 aromatic rings. The molecule has 4 nitrogen and oxygen atoms in total. The van der Waals surface area contributed by atoms with Crippen LogP contribution in [0.15, 0.2) is 205 Å². The molecule has 0 N–H and O–H groups in total. The second-order valence-corrected chi connectivity index (χ2v) is 17.0. The zero-order chi connectivity index (χ0) is 40.7. The minimum Gasteiger partial charge on any atom is -0.456 e. The van der Waals surface area contributed by atoms with Gasteiger partial charge in [0.05, 0.1) is 0 Å². The van der Waals surface area contributed by atoms with Gasteiger partial charge in [0, 0.05) is 47.6 Å². The van der Waals surface area contributed by atoms with Gasteiger partial charge in [0.15, 0.2) is 17.5 Å². The van der Waals surface area contributed by atoms with Gasteiger partial charge in [-0.05, 0) is 91.0 Å². The van der Waals surface area contributed by atoms with E-state index in [9.17, 15) is 0 Å². The Morgan fingerprint density at radius 2 is 0.935 bits per heavy atom. The molecule has 0 aliphatic rings. The van der Waals surface area contributed by atoms with E-state index in [1.54, 1.807) is 11.3 Å². The number of thiophene rings is 1. The average Bonchev–Trinajstić information content (AvgIpc) is 3.91. The fourth-order valence-corrected chi connectivity index (χ4v) is 10.5. The predicted octanol–water partition coefficient (Wildman–Crippen LogP) is 15.9. The third kappa shape index (κ3) is 5.56. The molecule has 0 saturated heterocycles. The Kier molecular flexibility index (Phi) is 7.74. The maximum Gasteiger partial charge on any atom is 0.164 e. The van der Waals surface area contributed by atoms with Crippen molar-refractivity contribution in [3.8, 4) is 56.4 Å². The van der Waals surface area contributed by atoms with Gasteiger partial charge in [0.2, 0.25) is 0 Å². The highest BCUT2D eigenvalue weighted by molar-refractivity contribution is 7.25. The Labute approximate surface area is 360 Å². The van der Waals surface area contributed by atoms with Crippen molar-refractivity contribution in [2.45, 2.75) is 0 Å². The second-order valence-electron chi connectivity index (χ2n) is 15.9. The molecule has 0 aliphatic carbocycles. The van der Waals surface area contributed by atoms with Crippen LogP contribution in [0, 0.1) is 0 Å². The first-order valence-corrected chi connectivity index (χ1v) is 21.6. The molecule has 0 atom stereocenters. The van der Waals surface area contributed by atoms with Gasteiger partial charge in [-0.2, -0.15) is 0 Å². The molecule has 288 valence electrons. The molecule has 0 radical (unpaired) electrons. The van der Waals surface area contributed by atoms with E-state index in [1.165, 1.54) is 41.7 Å². The zero-order valence-electron chi connectivity index (χ0n) is 33.2. The third-order valence-electron chi connectivity index (χ3n) is 12.3. The normalized spacial score (nSPS) is 11.9. The van der Waals surface area contributed by atoms with Gasteiger partial charge in [-0.25, -0.2) is 15.0 Å². The molecule has 0 amide bonds. The fourth-order valence-electron chi connectivity index (χ4n) is 9.36. The van der Waals surface area contributed by atoms with Crippen LogP contribution in [0.1, 0.15) is 0 Å². The van der Waals surface area contributed by atoms with Gasteiger partial charge in [-0.15, -0.1) is 11.3 Å². The van der Waals surface area contributed by atoms with Crippen molar-refractivity contribution in [2.75, 3.05) is 0 Å². The summed E-state index contributed by atoms with van der Waals surface area (Å²) < 4.78 is 9.14. The van der Waals surface area contributed by atoms with E-state index < -0.39 is 0 Å². The van der Waals surface area contributed by atoms with Gasteiger partial charge < -0.3 is 4.42 Å². The van der Waals surface area contributed by atoms with Crippen LogP contribution in [0.2, 0.25) is 0 Å². The Bertz CT molecular complexity index is 3940. The minimum atomic E-state index is 0.629. The SMILES string of the molecule is c1ccc(-c2nc(-c3ccc4c(c3)sc3ccccc34)nc(-c3cccc4c(-c5cc(-c6ccc7ccc8ccccc8c7c6)cc6oc7ccccc7c56)cccc34)n2)cc1. The van der Waals surface area contributed by atoms with Crippen LogP contribution in [0.3, 0.4) is 0 Å². The number of aromatic nitrogens is 3. The molecule has 3 aromatic heterocycles. The summed E-state index contributed by atoms with van der Waals surface area (Å²) in [6.07, 6.45) is 0. The number of benzene rings is 10. The van der Waals surface area contributed by atoms with E-state index in [-0.39, 0.29) is 0 Å². The van der Waals surface area contributed by atoms with Crippen LogP contribution in [0.25, 0.3) is 131 Å². The van der Waals surface area contributed by atoms with Gasteiger partial charge in [-0.3, -0.25) is 0 Å². The molecule has 0 bridgehead atoms. The maximum absolute atomic E-state index is 6.67. The summed E-state index contributed by atoms with van der Waals surface area (Å²) in [6, 6.07) is 71.1. The van der Waals surface area contributed by atoms with Crippen LogP contribution < -0.4 is 0 Å². The number of nitrogens with zero attached hydrogens (tertiary/aromatic N) is 3. The summed E-state index contributed by atoms with van der Waals surface area (Å²) in [4.78, 5) is 15.6. The van der Waals surface area contributed by atoms with Crippen molar-refractivity contribution >= 4 is 85.8 Å². The number of fused-ring (bicyclic) bond motifs is 10. The summed E-state index contributed by atoms with van der Waals surface area (Å²) >= 11 is 1.80. The van der Waals surface area contributed by atoms with E-state index in [4.69, 9.17) is 19.4 Å². The molecule has 0 saturated carbocycles. The molecule has 5 heteroatoms. The number of rotatable bonds is 5. The predicted molar refractivity (Wildman–Crippen MR) is 260 cm³/mol. The van der Waals surface area contributed by atoms with Gasteiger partial charge in [0.25, 0.3) is 0 Å². The van der Waals surface area contributed by atoms with E-state index in [1.807, 2.05) is 24.3 Å². The second kappa shape index (κ2) is 13.8. The molecule has 0 unspecified atom stereocenters. The van der Waals surface area contributed by atoms with Crippen LogP contribution in [0.5, 0.6) is 0 Å². The Hall–Kier alpha value is -7.99. The molecule has 10 aromatic carbocycles. The van der Waals surface area contributed by atoms with Crippen molar-refractivity contribution in [3.63, 3.8) is 0 Å². The lowest BCUT2D eigenvalue weighted by Crippen LogP contribution is -2.00. The lowest BCUT2D eigenvalue weighted by Gasteiger charge is -2.14. The van der Waals surface area contributed by atoms with Crippen molar-refractivity contribution in [1.82, 2.24) is 15.0 Å². The quantitative estimate of drug-likeness (QED) is 0.163. The summed E-state index contributed by atoms with van der Waals surface area (Å²) in [5, 5.41) is 11.8. The van der Waals surface area contributed by atoms with Gasteiger partial charge in [-0.1, -0.05) is 164 Å². The maximum atomic E-state index is 6.67. The highest BCUT2D eigenvalue weighted by Gasteiger charge is 2.20. The van der Waals surface area contributed by atoms with Crippen molar-refractivity contribution in [3.05, 3.63) is 200 Å². The summed E-state index contributed by atoms with van der Waals surface area (Å²) in [7, 11) is 0. The Balaban J connectivity index is 1.02. The topological polar surface area (TPSA) is 51.8 Å². The van der Waals surface area contributed by atoms with E-state index in [0.29, 0.717) is 17.5 Å². The molecule has 62 heavy (non-hydrogen) atoms. The number of furan rings is 1. The Morgan fingerprint density at radius 1 is 0.306 bits per heavy atom. The summed E-state index contributed by atoms with van der Waals surface area (Å²) in [5.74, 6) is 1.91. The molecule has 0 aliphatic heterocycles. The number of para-hydroxylation sites is 1. The van der Waals surface area contributed by atoms with Gasteiger partial charge in [0.1, 0.15) is 11.2 Å². The molecule has 3 heterocycles. The fraction of sp³-hybridized carbons (Fsp3) is 0. The first kappa shape index (κ1) is 34.8. The van der Waals surface area contributed by atoms with Crippen molar-refractivity contribution in [2.24, 2.45) is 0 Å². The van der Waals surface area contributed by atoms with Crippen LogP contribution in [0.4, 0.5) is 0 Å². The molecule has 0 fully saturated rings. The Morgan fingerprint density at radius 3 is 1.81 bits per heavy atom. The monoisotopic (exact) mass is 807 g/mol. The first-order chi connectivity index (χ1) is 30.7. The highest BCUT2D eigenvalue weighted by atomic mass is 32.1. The summed E-state index contributed by atoms with van der Waals surface area (Å²) in [6.45, 7) is 0. The largest absolute Gasteiger partial charge is 0.456 e. The van der Waals surface area contributed by atoms with Crippen LogP contribution >= 0.6 is 11.3 Å². The lowest BCUT2D eigenvalue weighted by atomic mass is 9.90. The average molecular weight is 808 g/mol. The zero-order valence-corrected chi connectivity index (χ0v) is 34.0. The number of hydrogen-bond donors (Lipinski definition) is 0. The minimum absolute atomic E-state index is 0.629. The van der Waals surface area contributed by atoms with Crippen LogP contribution in [-0.4, -0.2) is 15.0 Å². The first-order valence-electron chi connectivity index (χ1n) is 20.8. The van der Waals surface area contributed by atoms with E-state index >= 15 is 0 Å². The summed E-state index contributed by atoms with van der Waals surface area (Å²) in [5.41, 5.74) is 9.02. The van der Waals surface area contributed by atoms with Crippen molar-refractivity contribution in [1.29, 1.82) is 0 Å². The third-order valence-corrected chi connectivity index (χ3v) is 13.4. The van der Waals surface area contributed by atoms with Gasteiger partial charge >= 0.3 is 0 Å². The molecular weight excluding hydrogens is 775 g/mol. The highest BCUT2D eigenvalue weighted by Crippen LogP contribution is 2.44. The number of hydrogen-bond acceptors (Lipinski definition) is 5. The standard InChI is InChI=1S/C57H33N3OS/c1-2-13-36(14-3-1)55-58-56(38-28-29-45-44-16-7-9-23-52(44)62-53(45)33-38)60-57(59-55)46-21-11-18-41-42(46)19-10-20-43(41)49-31-39(32-51-54(49)47-17-6-8-22-50(47)61-51)37-27-26-35-25-24-34-12-4-5-15-40(34)48(35)30-37/h1-33H. The van der Waals surface area contributed by atoms with E-state index in [2.05, 4.69) is 176 Å².